The number of ether oxygens (including phenoxy) is 1. The molecule has 0 spiro atoms. The minimum absolute atomic E-state index is 0.737. The van der Waals surface area contributed by atoms with Gasteiger partial charge in [-0.1, -0.05) is 6.07 Å². The molecule has 0 saturated heterocycles. The van der Waals surface area contributed by atoms with Crippen LogP contribution in [0.4, 0.5) is 0 Å². The van der Waals surface area contributed by atoms with Crippen LogP contribution in [0.3, 0.4) is 0 Å². The second-order valence-electron chi connectivity index (χ2n) is 4.85. The summed E-state index contributed by atoms with van der Waals surface area (Å²) in [5, 5.41) is 8.74. The van der Waals surface area contributed by atoms with E-state index in [-0.39, 0.29) is 0 Å². The van der Waals surface area contributed by atoms with Gasteiger partial charge < -0.3 is 20.3 Å². The van der Waals surface area contributed by atoms with Crippen molar-refractivity contribution >= 4 is 17.3 Å². The zero-order chi connectivity index (χ0) is 15.3. The standard InChI is InChI=1S/C15H28N4OS/c1-4-16-15(18-13-14-7-5-12-21-14)17-8-6-9-19(2)10-11-20-3/h5,7,12H,4,6,8-11,13H2,1-3H3,(H2,16,17,18). The summed E-state index contributed by atoms with van der Waals surface area (Å²) >= 11 is 1.74. The van der Waals surface area contributed by atoms with Gasteiger partial charge in [0.05, 0.1) is 13.2 Å². The number of nitrogens with one attached hydrogen (secondary N) is 2. The molecular weight excluding hydrogens is 284 g/mol. The van der Waals surface area contributed by atoms with Crippen molar-refractivity contribution in [3.8, 4) is 0 Å². The van der Waals surface area contributed by atoms with Crippen molar-refractivity contribution in [2.45, 2.75) is 19.9 Å². The fourth-order valence-electron chi connectivity index (χ4n) is 1.82. The Balaban J connectivity index is 2.23. The average Bonchev–Trinajstić information content (AvgIpc) is 3.00. The maximum atomic E-state index is 5.07. The number of guanidine groups is 1. The first kappa shape index (κ1) is 17.9. The number of rotatable bonds is 10. The smallest absolute Gasteiger partial charge is 0.191 e. The maximum Gasteiger partial charge on any atom is 0.191 e. The molecule has 0 bridgehead atoms. The highest BCUT2D eigenvalue weighted by Gasteiger charge is 2.00. The van der Waals surface area contributed by atoms with E-state index in [1.54, 1.807) is 18.4 Å². The van der Waals surface area contributed by atoms with Crippen LogP contribution in [-0.4, -0.2) is 57.8 Å². The highest BCUT2D eigenvalue weighted by atomic mass is 32.1. The summed E-state index contributed by atoms with van der Waals surface area (Å²) in [5.41, 5.74) is 0. The molecule has 21 heavy (non-hydrogen) atoms. The highest BCUT2D eigenvalue weighted by molar-refractivity contribution is 7.09. The third kappa shape index (κ3) is 8.70. The van der Waals surface area contributed by atoms with Gasteiger partial charge in [-0.05, 0) is 38.4 Å². The molecule has 0 fully saturated rings. The third-order valence-corrected chi connectivity index (χ3v) is 3.86. The molecule has 0 aliphatic carbocycles. The molecule has 0 atom stereocenters. The lowest BCUT2D eigenvalue weighted by Crippen LogP contribution is -2.38. The van der Waals surface area contributed by atoms with Crippen molar-refractivity contribution in [1.82, 2.24) is 15.5 Å². The van der Waals surface area contributed by atoms with Crippen LogP contribution in [0.5, 0.6) is 0 Å². The van der Waals surface area contributed by atoms with Crippen LogP contribution in [0.1, 0.15) is 18.2 Å². The number of nitrogens with zero attached hydrogens (tertiary/aromatic N) is 2. The Bertz CT molecular complexity index is 381. The molecular formula is C15H28N4OS. The van der Waals surface area contributed by atoms with Gasteiger partial charge >= 0.3 is 0 Å². The monoisotopic (exact) mass is 312 g/mol. The number of methoxy groups -OCH3 is 1. The second-order valence-corrected chi connectivity index (χ2v) is 5.88. The molecule has 0 saturated carbocycles. The summed E-state index contributed by atoms with van der Waals surface area (Å²) in [6, 6.07) is 4.17. The lowest BCUT2D eigenvalue weighted by Gasteiger charge is -2.16. The fourth-order valence-corrected chi connectivity index (χ4v) is 2.44. The van der Waals surface area contributed by atoms with Crippen molar-refractivity contribution in [3.63, 3.8) is 0 Å². The van der Waals surface area contributed by atoms with Crippen LogP contribution in [0, 0.1) is 0 Å². The number of thiophene rings is 1. The van der Waals surface area contributed by atoms with E-state index in [4.69, 9.17) is 4.74 Å². The lowest BCUT2D eigenvalue weighted by molar-refractivity contribution is 0.161. The van der Waals surface area contributed by atoms with Gasteiger partial charge in [-0.15, -0.1) is 11.3 Å². The highest BCUT2D eigenvalue weighted by Crippen LogP contribution is 2.09. The molecule has 0 radical (unpaired) electrons. The van der Waals surface area contributed by atoms with Gasteiger partial charge in [0.2, 0.25) is 0 Å². The van der Waals surface area contributed by atoms with E-state index in [1.807, 2.05) is 0 Å². The molecule has 5 nitrogen and oxygen atoms in total. The van der Waals surface area contributed by atoms with Gasteiger partial charge in [0, 0.05) is 31.6 Å². The topological polar surface area (TPSA) is 48.9 Å². The lowest BCUT2D eigenvalue weighted by atomic mass is 10.4. The zero-order valence-corrected chi connectivity index (χ0v) is 14.2. The van der Waals surface area contributed by atoms with Gasteiger partial charge in [-0.25, -0.2) is 4.99 Å². The molecule has 6 heteroatoms. The van der Waals surface area contributed by atoms with Gasteiger partial charge in [0.15, 0.2) is 5.96 Å². The minimum atomic E-state index is 0.737. The molecule has 0 aliphatic heterocycles. The van der Waals surface area contributed by atoms with Crippen molar-refractivity contribution in [3.05, 3.63) is 22.4 Å². The first-order valence-electron chi connectivity index (χ1n) is 7.48. The SMILES string of the molecule is CCNC(=NCc1cccs1)NCCCN(C)CCOC. The van der Waals surface area contributed by atoms with E-state index in [2.05, 4.69) is 52.0 Å². The Morgan fingerprint density at radius 1 is 1.38 bits per heavy atom. The first-order chi connectivity index (χ1) is 10.3. The predicted octanol–water partition coefficient (Wildman–Crippen LogP) is 1.77. The van der Waals surface area contributed by atoms with Crippen LogP contribution < -0.4 is 10.6 Å². The summed E-state index contributed by atoms with van der Waals surface area (Å²) in [6.45, 7) is 7.44. The first-order valence-corrected chi connectivity index (χ1v) is 8.36. The van der Waals surface area contributed by atoms with Crippen LogP contribution in [-0.2, 0) is 11.3 Å². The zero-order valence-electron chi connectivity index (χ0n) is 13.4. The van der Waals surface area contributed by atoms with E-state index in [1.165, 1.54) is 4.88 Å². The fraction of sp³-hybridized carbons (Fsp3) is 0.667. The second kappa shape index (κ2) is 11.5. The normalized spacial score (nSPS) is 11.9. The molecule has 0 aliphatic rings. The Morgan fingerprint density at radius 2 is 2.24 bits per heavy atom. The number of aliphatic imine (C=N–C) groups is 1. The van der Waals surface area contributed by atoms with Gasteiger partial charge in [0.25, 0.3) is 0 Å². The summed E-state index contributed by atoms with van der Waals surface area (Å²) in [7, 11) is 3.86. The predicted molar refractivity (Wildman–Crippen MR) is 91.1 cm³/mol. The molecule has 1 aromatic rings. The summed E-state index contributed by atoms with van der Waals surface area (Å²) in [4.78, 5) is 8.16. The van der Waals surface area contributed by atoms with E-state index < -0.39 is 0 Å². The van der Waals surface area contributed by atoms with Crippen LogP contribution in [0.25, 0.3) is 0 Å². The van der Waals surface area contributed by atoms with Gasteiger partial charge in [-0.3, -0.25) is 0 Å². The number of hydrogen-bond acceptors (Lipinski definition) is 4. The molecule has 1 heterocycles. The van der Waals surface area contributed by atoms with Crippen molar-refractivity contribution in [2.75, 3.05) is 46.9 Å². The Morgan fingerprint density at radius 3 is 2.90 bits per heavy atom. The van der Waals surface area contributed by atoms with E-state index in [0.717, 1.165) is 51.7 Å². The van der Waals surface area contributed by atoms with E-state index in [9.17, 15) is 0 Å². The van der Waals surface area contributed by atoms with Crippen LogP contribution in [0.2, 0.25) is 0 Å². The van der Waals surface area contributed by atoms with Gasteiger partial charge in [-0.2, -0.15) is 0 Å². The van der Waals surface area contributed by atoms with Crippen molar-refractivity contribution in [2.24, 2.45) is 4.99 Å². The maximum absolute atomic E-state index is 5.07. The third-order valence-electron chi connectivity index (χ3n) is 3.00. The molecule has 0 aromatic carbocycles. The number of likely N-dealkylation sites (N-methyl/N-ethyl adjacent to an activating group) is 1. The van der Waals surface area contributed by atoms with Crippen molar-refractivity contribution in [1.29, 1.82) is 0 Å². The largest absolute Gasteiger partial charge is 0.383 e. The molecule has 1 aromatic heterocycles. The Kier molecular flexibility index (Phi) is 9.86. The van der Waals surface area contributed by atoms with Crippen molar-refractivity contribution < 1.29 is 4.74 Å². The average molecular weight is 312 g/mol. The Labute approximate surface area is 132 Å². The molecule has 0 unspecified atom stereocenters. The summed E-state index contributed by atoms with van der Waals surface area (Å²) in [5.74, 6) is 0.894. The molecule has 120 valence electrons. The number of hydrogen-bond donors (Lipinski definition) is 2. The van der Waals surface area contributed by atoms with E-state index >= 15 is 0 Å². The molecule has 0 amide bonds. The van der Waals surface area contributed by atoms with Gasteiger partial charge in [0.1, 0.15) is 0 Å². The van der Waals surface area contributed by atoms with Crippen LogP contribution >= 0.6 is 11.3 Å². The van der Waals surface area contributed by atoms with E-state index in [0.29, 0.717) is 0 Å². The minimum Gasteiger partial charge on any atom is -0.383 e. The summed E-state index contributed by atoms with van der Waals surface area (Å²) < 4.78 is 5.07. The Hall–Kier alpha value is -1.11. The summed E-state index contributed by atoms with van der Waals surface area (Å²) in [6.07, 6.45) is 1.09. The molecule has 1 rings (SSSR count). The molecule has 2 N–H and O–H groups in total. The quantitative estimate of drug-likeness (QED) is 0.393. The van der Waals surface area contributed by atoms with Crippen LogP contribution in [0.15, 0.2) is 22.5 Å².